The summed E-state index contributed by atoms with van der Waals surface area (Å²) < 4.78 is 0. The van der Waals surface area contributed by atoms with E-state index in [1.807, 2.05) is 0 Å². The van der Waals surface area contributed by atoms with Gasteiger partial charge >= 0.3 is 11.8 Å². The molecule has 0 aromatic carbocycles. The molecule has 0 radical (unpaired) electrons. The maximum atomic E-state index is 10.8. The summed E-state index contributed by atoms with van der Waals surface area (Å²) in [7, 11) is 0. The Morgan fingerprint density at radius 2 is 1.85 bits per heavy atom. The quantitative estimate of drug-likeness (QED) is 0.371. The predicted octanol–water partition coefficient (Wildman–Crippen LogP) is -2.41. The van der Waals surface area contributed by atoms with Crippen molar-refractivity contribution >= 4 is 11.8 Å². The molecule has 0 saturated heterocycles. The van der Waals surface area contributed by atoms with E-state index in [1.54, 1.807) is 0 Å². The monoisotopic (exact) mass is 190 g/mol. The van der Waals surface area contributed by atoms with Crippen LogP contribution in [0.2, 0.25) is 0 Å². The third-order valence-electron chi connectivity index (χ3n) is 1.16. The lowest BCUT2D eigenvalue weighted by atomic mass is 10.4. The number of rotatable bonds is 4. The van der Waals surface area contributed by atoms with Crippen molar-refractivity contribution in [3.8, 4) is 0 Å². The van der Waals surface area contributed by atoms with Gasteiger partial charge in [-0.3, -0.25) is 9.59 Å². The SMILES string of the molecule is CC(O)CNC(=O)C(=O)NCCO. The van der Waals surface area contributed by atoms with Gasteiger partial charge in [-0.25, -0.2) is 0 Å². The molecule has 0 aliphatic heterocycles. The molecular weight excluding hydrogens is 176 g/mol. The average molecular weight is 190 g/mol. The van der Waals surface area contributed by atoms with E-state index in [4.69, 9.17) is 10.2 Å². The maximum Gasteiger partial charge on any atom is 0.309 e. The van der Waals surface area contributed by atoms with Crippen LogP contribution in [0, 0.1) is 0 Å². The molecule has 4 N–H and O–H groups in total. The van der Waals surface area contributed by atoms with Crippen LogP contribution in [0.4, 0.5) is 0 Å². The summed E-state index contributed by atoms with van der Waals surface area (Å²) in [5.41, 5.74) is 0. The fraction of sp³-hybridized carbons (Fsp3) is 0.714. The average Bonchev–Trinajstić information content (AvgIpc) is 2.10. The minimum atomic E-state index is -0.811. The van der Waals surface area contributed by atoms with Gasteiger partial charge < -0.3 is 20.8 Å². The Labute approximate surface area is 75.9 Å². The van der Waals surface area contributed by atoms with Gasteiger partial charge in [-0.2, -0.15) is 0 Å². The largest absolute Gasteiger partial charge is 0.395 e. The molecule has 0 aliphatic carbocycles. The molecular formula is C7H14N2O4. The summed E-state index contributed by atoms with van der Waals surface area (Å²) in [6.07, 6.45) is -0.686. The summed E-state index contributed by atoms with van der Waals surface area (Å²) in [5.74, 6) is -1.62. The lowest BCUT2D eigenvalue weighted by Gasteiger charge is -2.06. The van der Waals surface area contributed by atoms with Gasteiger partial charge in [0.05, 0.1) is 12.7 Å². The van der Waals surface area contributed by atoms with E-state index in [9.17, 15) is 9.59 Å². The number of amides is 2. The van der Waals surface area contributed by atoms with Crippen molar-refractivity contribution < 1.29 is 19.8 Å². The lowest BCUT2D eigenvalue weighted by Crippen LogP contribution is -2.43. The van der Waals surface area contributed by atoms with E-state index in [0.717, 1.165) is 0 Å². The number of aliphatic hydroxyl groups excluding tert-OH is 2. The Hall–Kier alpha value is -1.14. The predicted molar refractivity (Wildman–Crippen MR) is 44.8 cm³/mol. The summed E-state index contributed by atoms with van der Waals surface area (Å²) in [5, 5.41) is 21.5. The van der Waals surface area contributed by atoms with Crippen molar-refractivity contribution in [2.45, 2.75) is 13.0 Å². The number of carbonyl (C=O) groups excluding carboxylic acids is 2. The molecule has 0 bridgehead atoms. The number of hydrogen-bond acceptors (Lipinski definition) is 4. The minimum Gasteiger partial charge on any atom is -0.395 e. The standard InChI is InChI=1S/C7H14N2O4/c1-5(11)4-9-7(13)6(12)8-2-3-10/h5,10-11H,2-4H2,1H3,(H,8,12)(H,9,13). The van der Waals surface area contributed by atoms with E-state index in [0.29, 0.717) is 0 Å². The zero-order valence-corrected chi connectivity index (χ0v) is 7.41. The Morgan fingerprint density at radius 1 is 1.31 bits per heavy atom. The molecule has 13 heavy (non-hydrogen) atoms. The number of carbonyl (C=O) groups is 2. The first-order valence-electron chi connectivity index (χ1n) is 3.93. The summed E-state index contributed by atoms with van der Waals surface area (Å²) in [6.45, 7) is 1.35. The molecule has 6 heteroatoms. The molecule has 0 aromatic rings. The number of hydrogen-bond donors (Lipinski definition) is 4. The van der Waals surface area contributed by atoms with Crippen molar-refractivity contribution in [2.24, 2.45) is 0 Å². The Kier molecular flexibility index (Phi) is 5.82. The van der Waals surface area contributed by atoms with Crippen LogP contribution in [0.1, 0.15) is 6.92 Å². The number of aliphatic hydroxyl groups is 2. The second kappa shape index (κ2) is 6.38. The smallest absolute Gasteiger partial charge is 0.309 e. The van der Waals surface area contributed by atoms with Crippen molar-refractivity contribution in [3.63, 3.8) is 0 Å². The highest BCUT2D eigenvalue weighted by atomic mass is 16.3. The van der Waals surface area contributed by atoms with E-state index < -0.39 is 17.9 Å². The van der Waals surface area contributed by atoms with Crippen LogP contribution >= 0.6 is 0 Å². The highest BCUT2D eigenvalue weighted by Gasteiger charge is 2.12. The summed E-state index contributed by atoms with van der Waals surface area (Å²) in [6, 6.07) is 0. The van der Waals surface area contributed by atoms with Gasteiger partial charge in [-0.15, -0.1) is 0 Å². The fourth-order valence-electron chi connectivity index (χ4n) is 0.570. The zero-order chi connectivity index (χ0) is 10.3. The van der Waals surface area contributed by atoms with Crippen LogP contribution in [0.25, 0.3) is 0 Å². The van der Waals surface area contributed by atoms with Crippen LogP contribution < -0.4 is 10.6 Å². The molecule has 1 unspecified atom stereocenters. The molecule has 0 spiro atoms. The van der Waals surface area contributed by atoms with E-state index in [2.05, 4.69) is 10.6 Å². The van der Waals surface area contributed by atoms with Crippen molar-refractivity contribution in [2.75, 3.05) is 19.7 Å². The Bertz CT molecular complexity index is 181. The van der Waals surface area contributed by atoms with Crippen LogP contribution in [-0.4, -0.2) is 47.8 Å². The first-order chi connectivity index (χ1) is 6.07. The third-order valence-corrected chi connectivity index (χ3v) is 1.16. The zero-order valence-electron chi connectivity index (χ0n) is 7.41. The summed E-state index contributed by atoms with van der Waals surface area (Å²) >= 11 is 0. The van der Waals surface area contributed by atoms with Gasteiger partial charge in [-0.05, 0) is 6.92 Å². The summed E-state index contributed by atoms with van der Waals surface area (Å²) in [4.78, 5) is 21.6. The van der Waals surface area contributed by atoms with E-state index in [1.165, 1.54) is 6.92 Å². The highest BCUT2D eigenvalue weighted by molar-refractivity contribution is 6.35. The van der Waals surface area contributed by atoms with E-state index in [-0.39, 0.29) is 19.7 Å². The molecule has 0 rings (SSSR count). The first kappa shape index (κ1) is 11.9. The van der Waals surface area contributed by atoms with Gasteiger partial charge in [0.15, 0.2) is 0 Å². The van der Waals surface area contributed by atoms with Gasteiger partial charge in [0.2, 0.25) is 0 Å². The highest BCUT2D eigenvalue weighted by Crippen LogP contribution is 1.75. The topological polar surface area (TPSA) is 98.7 Å². The van der Waals surface area contributed by atoms with Gasteiger partial charge in [0.25, 0.3) is 0 Å². The molecule has 1 atom stereocenters. The van der Waals surface area contributed by atoms with Gasteiger partial charge in [0.1, 0.15) is 0 Å². The van der Waals surface area contributed by atoms with Crippen LogP contribution in [0.3, 0.4) is 0 Å². The fourth-order valence-corrected chi connectivity index (χ4v) is 0.570. The van der Waals surface area contributed by atoms with Crippen LogP contribution in [-0.2, 0) is 9.59 Å². The molecule has 0 fully saturated rings. The minimum absolute atomic E-state index is 0.0331. The molecule has 6 nitrogen and oxygen atoms in total. The molecule has 0 aromatic heterocycles. The third kappa shape index (κ3) is 6.06. The van der Waals surface area contributed by atoms with Crippen molar-refractivity contribution in [3.05, 3.63) is 0 Å². The lowest BCUT2D eigenvalue weighted by molar-refractivity contribution is -0.139. The van der Waals surface area contributed by atoms with Crippen molar-refractivity contribution in [1.29, 1.82) is 0 Å². The van der Waals surface area contributed by atoms with Gasteiger partial charge in [0, 0.05) is 13.1 Å². The first-order valence-corrected chi connectivity index (χ1v) is 3.93. The van der Waals surface area contributed by atoms with Gasteiger partial charge in [-0.1, -0.05) is 0 Å². The normalized spacial score (nSPS) is 11.9. The second-order valence-electron chi connectivity index (χ2n) is 2.54. The van der Waals surface area contributed by atoms with Crippen LogP contribution in [0.15, 0.2) is 0 Å². The molecule has 0 heterocycles. The number of nitrogens with one attached hydrogen (secondary N) is 2. The molecule has 0 aliphatic rings. The second-order valence-corrected chi connectivity index (χ2v) is 2.54. The molecule has 2 amide bonds. The molecule has 0 saturated carbocycles. The Balaban J connectivity index is 3.64. The Morgan fingerprint density at radius 3 is 2.31 bits per heavy atom. The molecule has 76 valence electrons. The van der Waals surface area contributed by atoms with Crippen molar-refractivity contribution in [1.82, 2.24) is 10.6 Å². The maximum absolute atomic E-state index is 10.8. The van der Waals surface area contributed by atoms with Crippen LogP contribution in [0.5, 0.6) is 0 Å². The van der Waals surface area contributed by atoms with E-state index >= 15 is 0 Å².